The second kappa shape index (κ2) is 10.6. The number of carbonyl (C=O) groups is 3. The molecular formula is C33H44O5. The maximum atomic E-state index is 13.8. The highest BCUT2D eigenvalue weighted by atomic mass is 16.5. The standard InChI is InChI=1S/C33H44O5/c1-5-37-29(35)14-11-21(2)25-12-13-26-30-27(16-18-33(25,26)4)32(3)17-15-24(19-23(32)20-28(30)34)38-31(36)22-9-7-6-8-10-22/h6-10,20-21,24-27,30H,5,11-19H2,1-4H3/t21?,24-,25-,26+,27+,30+,32+,33-/m1/s1. The van der Waals surface area contributed by atoms with Gasteiger partial charge in [0, 0.05) is 18.8 Å². The molecule has 5 rings (SSSR count). The van der Waals surface area contributed by atoms with Crippen molar-refractivity contribution in [3.63, 3.8) is 0 Å². The van der Waals surface area contributed by atoms with Gasteiger partial charge < -0.3 is 9.47 Å². The first kappa shape index (κ1) is 27.1. The summed E-state index contributed by atoms with van der Waals surface area (Å²) in [4.78, 5) is 38.4. The fourth-order valence-electron chi connectivity index (χ4n) is 9.02. The molecular weight excluding hydrogens is 476 g/mol. The normalized spacial score (nSPS) is 36.8. The van der Waals surface area contributed by atoms with Gasteiger partial charge in [0.15, 0.2) is 5.78 Å². The highest BCUT2D eigenvalue weighted by molar-refractivity contribution is 5.94. The summed E-state index contributed by atoms with van der Waals surface area (Å²) >= 11 is 0. The van der Waals surface area contributed by atoms with E-state index in [9.17, 15) is 14.4 Å². The predicted molar refractivity (Wildman–Crippen MR) is 146 cm³/mol. The zero-order valence-electron chi connectivity index (χ0n) is 23.5. The molecule has 4 aliphatic rings. The third-order valence-electron chi connectivity index (χ3n) is 11.1. The van der Waals surface area contributed by atoms with Crippen molar-refractivity contribution < 1.29 is 23.9 Å². The zero-order chi connectivity index (χ0) is 27.1. The summed E-state index contributed by atoms with van der Waals surface area (Å²) in [5.74, 6) is 1.78. The largest absolute Gasteiger partial charge is 0.466 e. The fourth-order valence-corrected chi connectivity index (χ4v) is 9.02. The van der Waals surface area contributed by atoms with Crippen LogP contribution < -0.4 is 0 Å². The van der Waals surface area contributed by atoms with Crippen LogP contribution in [0.4, 0.5) is 0 Å². The van der Waals surface area contributed by atoms with E-state index in [-0.39, 0.29) is 34.8 Å². The summed E-state index contributed by atoms with van der Waals surface area (Å²) in [5.41, 5.74) is 1.92. The quantitative estimate of drug-likeness (QED) is 0.364. The Morgan fingerprint density at radius 2 is 1.79 bits per heavy atom. The monoisotopic (exact) mass is 520 g/mol. The molecule has 5 heteroatoms. The first-order valence-electron chi connectivity index (χ1n) is 14.8. The van der Waals surface area contributed by atoms with Crippen molar-refractivity contribution in [1.82, 2.24) is 0 Å². The molecule has 5 nitrogen and oxygen atoms in total. The van der Waals surface area contributed by atoms with Gasteiger partial charge in [-0.25, -0.2) is 4.79 Å². The molecule has 1 aromatic rings. The zero-order valence-corrected chi connectivity index (χ0v) is 23.5. The van der Waals surface area contributed by atoms with Crippen LogP contribution in [0, 0.1) is 40.4 Å². The van der Waals surface area contributed by atoms with Gasteiger partial charge in [-0.3, -0.25) is 9.59 Å². The molecule has 4 aliphatic carbocycles. The van der Waals surface area contributed by atoms with Crippen molar-refractivity contribution in [3.05, 3.63) is 47.5 Å². The maximum absolute atomic E-state index is 13.8. The van der Waals surface area contributed by atoms with Crippen LogP contribution in [0.2, 0.25) is 0 Å². The molecule has 206 valence electrons. The van der Waals surface area contributed by atoms with Crippen LogP contribution in [0.3, 0.4) is 0 Å². The Bertz CT molecular complexity index is 1090. The minimum absolute atomic E-state index is 0.00315. The van der Waals surface area contributed by atoms with E-state index < -0.39 is 0 Å². The molecule has 8 atom stereocenters. The number of allylic oxidation sites excluding steroid dienone is 1. The van der Waals surface area contributed by atoms with Gasteiger partial charge in [0.1, 0.15) is 6.10 Å². The Labute approximate surface area is 227 Å². The smallest absolute Gasteiger partial charge is 0.338 e. The molecule has 1 unspecified atom stereocenters. The second-order valence-electron chi connectivity index (χ2n) is 12.9. The topological polar surface area (TPSA) is 69.7 Å². The molecule has 38 heavy (non-hydrogen) atoms. The summed E-state index contributed by atoms with van der Waals surface area (Å²) < 4.78 is 11.1. The highest BCUT2D eigenvalue weighted by Gasteiger charge is 2.61. The number of esters is 2. The van der Waals surface area contributed by atoms with Gasteiger partial charge in [0.05, 0.1) is 12.2 Å². The predicted octanol–water partition coefficient (Wildman–Crippen LogP) is 6.95. The van der Waals surface area contributed by atoms with Gasteiger partial charge in [-0.2, -0.15) is 0 Å². The molecule has 0 heterocycles. The SMILES string of the molecule is CCOC(=O)CCC(C)[C@H]1CC[C@H]2[C@@H]3C(=O)C=C4C[C@H](OC(=O)c5ccccc5)CC[C@]4(C)[C@H]3CC[C@]12C. The number of rotatable bonds is 7. The first-order valence-corrected chi connectivity index (χ1v) is 14.8. The lowest BCUT2D eigenvalue weighted by atomic mass is 9.46. The van der Waals surface area contributed by atoms with Gasteiger partial charge in [-0.1, -0.05) is 44.5 Å². The van der Waals surface area contributed by atoms with Gasteiger partial charge >= 0.3 is 11.9 Å². The van der Waals surface area contributed by atoms with Crippen molar-refractivity contribution in [2.45, 2.75) is 91.6 Å². The number of carbonyl (C=O) groups excluding carboxylic acids is 3. The Hall–Kier alpha value is -2.43. The highest BCUT2D eigenvalue weighted by Crippen LogP contribution is 2.66. The van der Waals surface area contributed by atoms with Crippen LogP contribution in [-0.4, -0.2) is 30.4 Å². The second-order valence-corrected chi connectivity index (χ2v) is 12.9. The Morgan fingerprint density at radius 3 is 2.53 bits per heavy atom. The summed E-state index contributed by atoms with van der Waals surface area (Å²) in [5, 5.41) is 0. The Balaban J connectivity index is 1.29. The van der Waals surface area contributed by atoms with Gasteiger partial charge in [-0.15, -0.1) is 0 Å². The summed E-state index contributed by atoms with van der Waals surface area (Å²) in [7, 11) is 0. The molecule has 3 fully saturated rings. The van der Waals surface area contributed by atoms with Gasteiger partial charge in [0.2, 0.25) is 0 Å². The Morgan fingerprint density at radius 1 is 1.03 bits per heavy atom. The molecule has 0 spiro atoms. The lowest BCUT2D eigenvalue weighted by Gasteiger charge is -2.57. The van der Waals surface area contributed by atoms with E-state index >= 15 is 0 Å². The van der Waals surface area contributed by atoms with Crippen LogP contribution in [0.1, 0.15) is 95.8 Å². The summed E-state index contributed by atoms with van der Waals surface area (Å²) in [6.45, 7) is 9.39. The molecule has 1 aromatic carbocycles. The van der Waals surface area contributed by atoms with Crippen molar-refractivity contribution in [2.24, 2.45) is 40.4 Å². The molecule has 3 saturated carbocycles. The molecule has 0 aliphatic heterocycles. The van der Waals surface area contributed by atoms with Crippen LogP contribution in [0.5, 0.6) is 0 Å². The minimum atomic E-state index is -0.276. The van der Waals surface area contributed by atoms with Crippen molar-refractivity contribution in [3.8, 4) is 0 Å². The number of ether oxygens (including phenoxy) is 2. The van der Waals surface area contributed by atoms with Crippen LogP contribution in [0.25, 0.3) is 0 Å². The summed E-state index contributed by atoms with van der Waals surface area (Å²) in [6, 6.07) is 9.17. The van der Waals surface area contributed by atoms with E-state index in [1.165, 1.54) is 5.57 Å². The molecule has 0 radical (unpaired) electrons. The molecule has 0 aromatic heterocycles. The molecule has 0 amide bonds. The van der Waals surface area contributed by atoms with Crippen LogP contribution in [-0.2, 0) is 19.1 Å². The van der Waals surface area contributed by atoms with E-state index in [2.05, 4.69) is 20.8 Å². The van der Waals surface area contributed by atoms with Gasteiger partial charge in [0.25, 0.3) is 0 Å². The van der Waals surface area contributed by atoms with Crippen molar-refractivity contribution in [1.29, 1.82) is 0 Å². The third-order valence-corrected chi connectivity index (χ3v) is 11.1. The van der Waals surface area contributed by atoms with E-state index in [1.54, 1.807) is 12.1 Å². The lowest BCUT2D eigenvalue weighted by molar-refractivity contribution is -0.143. The number of fused-ring (bicyclic) bond motifs is 5. The van der Waals surface area contributed by atoms with Crippen LogP contribution in [0.15, 0.2) is 42.0 Å². The van der Waals surface area contributed by atoms with Gasteiger partial charge in [-0.05, 0) is 105 Å². The number of hydrogen-bond acceptors (Lipinski definition) is 5. The van der Waals surface area contributed by atoms with E-state index in [1.807, 2.05) is 31.2 Å². The number of hydrogen-bond donors (Lipinski definition) is 0. The fraction of sp³-hybridized carbons (Fsp3) is 0.667. The molecule has 0 bridgehead atoms. The molecule has 0 N–H and O–H groups in total. The molecule has 0 saturated heterocycles. The Kier molecular flexibility index (Phi) is 7.59. The minimum Gasteiger partial charge on any atom is -0.466 e. The van der Waals surface area contributed by atoms with E-state index in [0.29, 0.717) is 54.5 Å². The van der Waals surface area contributed by atoms with E-state index in [0.717, 1.165) is 44.9 Å². The van der Waals surface area contributed by atoms with E-state index in [4.69, 9.17) is 9.47 Å². The average molecular weight is 521 g/mol. The lowest BCUT2D eigenvalue weighted by Crippen LogP contribution is -2.53. The number of ketones is 1. The average Bonchev–Trinajstić information content (AvgIpc) is 3.26. The van der Waals surface area contributed by atoms with Crippen LogP contribution >= 0.6 is 0 Å². The number of benzene rings is 1. The van der Waals surface area contributed by atoms with Crippen molar-refractivity contribution in [2.75, 3.05) is 6.61 Å². The summed E-state index contributed by atoms with van der Waals surface area (Å²) in [6.07, 6.45) is 10.1. The third kappa shape index (κ3) is 4.75. The first-order chi connectivity index (χ1) is 18.2. The maximum Gasteiger partial charge on any atom is 0.338 e. The van der Waals surface area contributed by atoms with Crippen molar-refractivity contribution >= 4 is 17.7 Å².